The Morgan fingerprint density at radius 3 is 2.96 bits per heavy atom. The number of aromatic nitrogens is 2. The molecule has 0 amide bonds. The van der Waals surface area contributed by atoms with Gasteiger partial charge >= 0.3 is 5.97 Å². The molecule has 0 unspecified atom stereocenters. The van der Waals surface area contributed by atoms with E-state index in [1.54, 1.807) is 19.3 Å². The lowest BCUT2D eigenvalue weighted by Gasteiger charge is -2.40. The maximum atomic E-state index is 14.2. The number of esters is 1. The van der Waals surface area contributed by atoms with E-state index in [9.17, 15) is 13.6 Å². The number of benzene rings is 1. The monoisotopic (exact) mass is 363 g/mol. The Kier molecular flexibility index (Phi) is 5.66. The van der Waals surface area contributed by atoms with Crippen LogP contribution in [0.3, 0.4) is 0 Å². The number of piperidine rings is 1. The van der Waals surface area contributed by atoms with Crippen molar-refractivity contribution in [3.8, 4) is 0 Å². The molecule has 0 radical (unpaired) electrons. The predicted octanol–water partition coefficient (Wildman–Crippen LogP) is 3.08. The van der Waals surface area contributed by atoms with Gasteiger partial charge in [0.15, 0.2) is 0 Å². The van der Waals surface area contributed by atoms with Gasteiger partial charge in [-0.1, -0.05) is 6.07 Å². The molecular formula is C19H23F2N3O2. The van der Waals surface area contributed by atoms with Crippen LogP contribution in [0.25, 0.3) is 0 Å². The number of carbonyl (C=O) groups excluding carboxylic acids is 1. The summed E-state index contributed by atoms with van der Waals surface area (Å²) in [6.07, 6.45) is 5.03. The lowest BCUT2D eigenvalue weighted by atomic mass is 9.75. The van der Waals surface area contributed by atoms with Crippen LogP contribution in [0.4, 0.5) is 8.78 Å². The molecule has 1 aliphatic heterocycles. The van der Waals surface area contributed by atoms with Crippen molar-refractivity contribution >= 4 is 5.97 Å². The van der Waals surface area contributed by atoms with E-state index in [0.717, 1.165) is 24.9 Å². The molecule has 1 aromatic heterocycles. The molecule has 1 saturated heterocycles. The number of halogens is 2. The first-order chi connectivity index (χ1) is 12.5. The average Bonchev–Trinajstić information content (AvgIpc) is 3.11. The van der Waals surface area contributed by atoms with Crippen LogP contribution >= 0.6 is 0 Å². The van der Waals surface area contributed by atoms with Crippen molar-refractivity contribution in [2.45, 2.75) is 32.7 Å². The number of hydrogen-bond donors (Lipinski definition) is 1. The number of carbonyl (C=O) groups is 1. The second-order valence-electron chi connectivity index (χ2n) is 6.76. The summed E-state index contributed by atoms with van der Waals surface area (Å²) in [6, 6.07) is 3.50. The Morgan fingerprint density at radius 2 is 2.27 bits per heavy atom. The van der Waals surface area contributed by atoms with Crippen molar-refractivity contribution in [3.05, 3.63) is 53.6 Å². The third-order valence-corrected chi connectivity index (χ3v) is 4.84. The first-order valence-electron chi connectivity index (χ1n) is 8.84. The second-order valence-corrected chi connectivity index (χ2v) is 6.76. The SMILES string of the molecule is CCOC(=O)[C@]1(Cc2ccc(F)cc2F)CCCN(Cc2ncc[nH]2)C1. The Hall–Kier alpha value is -2.28. The number of nitrogens with zero attached hydrogens (tertiary/aromatic N) is 2. The minimum Gasteiger partial charge on any atom is -0.466 e. The fraction of sp³-hybridized carbons (Fsp3) is 0.474. The maximum Gasteiger partial charge on any atom is 0.313 e. The van der Waals surface area contributed by atoms with Gasteiger partial charge in [-0.05, 0) is 44.4 Å². The van der Waals surface area contributed by atoms with Gasteiger partial charge in [-0.2, -0.15) is 0 Å². The van der Waals surface area contributed by atoms with Crippen molar-refractivity contribution in [2.24, 2.45) is 5.41 Å². The standard InChI is InChI=1S/C19H23F2N3O2/c1-2-26-18(25)19(11-14-4-5-15(20)10-16(14)21)6-3-9-24(13-19)12-17-22-7-8-23-17/h4-5,7-8,10H,2-3,6,9,11-13H2,1H3,(H,22,23)/t19-/m0/s1. The van der Waals surface area contributed by atoms with Gasteiger partial charge in [0.25, 0.3) is 0 Å². The van der Waals surface area contributed by atoms with Crippen LogP contribution in [0.15, 0.2) is 30.6 Å². The molecule has 2 heterocycles. The molecule has 140 valence electrons. The summed E-state index contributed by atoms with van der Waals surface area (Å²) >= 11 is 0. The van der Waals surface area contributed by atoms with Crippen LogP contribution in [0.2, 0.25) is 0 Å². The third-order valence-electron chi connectivity index (χ3n) is 4.84. The van der Waals surface area contributed by atoms with Crippen LogP contribution in [0.5, 0.6) is 0 Å². The molecule has 1 N–H and O–H groups in total. The van der Waals surface area contributed by atoms with E-state index in [0.29, 0.717) is 25.1 Å². The normalized spacial score (nSPS) is 20.9. The van der Waals surface area contributed by atoms with Gasteiger partial charge in [-0.3, -0.25) is 9.69 Å². The van der Waals surface area contributed by atoms with E-state index in [-0.39, 0.29) is 19.0 Å². The van der Waals surface area contributed by atoms with Crippen LogP contribution in [0, 0.1) is 17.0 Å². The van der Waals surface area contributed by atoms with Crippen LogP contribution in [-0.4, -0.2) is 40.5 Å². The van der Waals surface area contributed by atoms with Crippen molar-refractivity contribution in [3.63, 3.8) is 0 Å². The molecule has 1 aliphatic rings. The zero-order valence-corrected chi connectivity index (χ0v) is 14.8. The summed E-state index contributed by atoms with van der Waals surface area (Å²) in [6.45, 7) is 3.88. The molecule has 0 saturated carbocycles. The van der Waals surface area contributed by atoms with Gasteiger partial charge in [-0.15, -0.1) is 0 Å². The maximum absolute atomic E-state index is 14.2. The highest BCUT2D eigenvalue weighted by molar-refractivity contribution is 5.77. The number of hydrogen-bond acceptors (Lipinski definition) is 4. The molecular weight excluding hydrogens is 340 g/mol. The minimum atomic E-state index is -0.848. The molecule has 0 bridgehead atoms. The van der Waals surface area contributed by atoms with Gasteiger partial charge < -0.3 is 9.72 Å². The highest BCUT2D eigenvalue weighted by atomic mass is 19.1. The predicted molar refractivity (Wildman–Crippen MR) is 92.2 cm³/mol. The first-order valence-corrected chi connectivity index (χ1v) is 8.84. The van der Waals surface area contributed by atoms with Crippen LogP contribution in [-0.2, 0) is 22.5 Å². The van der Waals surface area contributed by atoms with Crippen molar-refractivity contribution < 1.29 is 18.3 Å². The highest BCUT2D eigenvalue weighted by Crippen LogP contribution is 2.36. The number of imidazole rings is 1. The summed E-state index contributed by atoms with van der Waals surface area (Å²) in [4.78, 5) is 22.2. The Balaban J connectivity index is 1.84. The van der Waals surface area contributed by atoms with Crippen molar-refractivity contribution in [1.29, 1.82) is 0 Å². The molecule has 1 fully saturated rings. The molecule has 0 spiro atoms. The van der Waals surface area contributed by atoms with E-state index in [1.807, 2.05) is 0 Å². The van der Waals surface area contributed by atoms with Gasteiger partial charge in [0.2, 0.25) is 0 Å². The summed E-state index contributed by atoms with van der Waals surface area (Å²) in [5.41, 5.74) is -0.515. The second kappa shape index (κ2) is 7.95. The Labute approximate surface area is 151 Å². The van der Waals surface area contributed by atoms with Crippen molar-refractivity contribution in [1.82, 2.24) is 14.9 Å². The number of nitrogens with one attached hydrogen (secondary N) is 1. The highest BCUT2D eigenvalue weighted by Gasteiger charge is 2.44. The zero-order valence-electron chi connectivity index (χ0n) is 14.8. The minimum absolute atomic E-state index is 0.187. The molecule has 7 heteroatoms. The summed E-state index contributed by atoms with van der Waals surface area (Å²) < 4.78 is 32.7. The smallest absolute Gasteiger partial charge is 0.313 e. The van der Waals surface area contributed by atoms with Crippen LogP contribution in [0.1, 0.15) is 31.2 Å². The molecule has 3 rings (SSSR count). The van der Waals surface area contributed by atoms with Gasteiger partial charge in [0, 0.05) is 25.0 Å². The third kappa shape index (κ3) is 4.09. The summed E-state index contributed by atoms with van der Waals surface area (Å²) in [7, 11) is 0. The molecule has 5 nitrogen and oxygen atoms in total. The summed E-state index contributed by atoms with van der Waals surface area (Å²) in [5.74, 6) is -0.762. The van der Waals surface area contributed by atoms with E-state index in [1.165, 1.54) is 12.1 Å². The largest absolute Gasteiger partial charge is 0.466 e. The number of aromatic amines is 1. The fourth-order valence-electron chi connectivity index (χ4n) is 3.66. The van der Waals surface area contributed by atoms with E-state index in [4.69, 9.17) is 4.74 Å². The van der Waals surface area contributed by atoms with E-state index in [2.05, 4.69) is 14.9 Å². The van der Waals surface area contributed by atoms with Crippen LogP contribution < -0.4 is 0 Å². The quantitative estimate of drug-likeness (QED) is 0.802. The fourth-order valence-corrected chi connectivity index (χ4v) is 3.66. The Morgan fingerprint density at radius 1 is 1.42 bits per heavy atom. The lowest BCUT2D eigenvalue weighted by Crippen LogP contribution is -2.49. The molecule has 1 aromatic carbocycles. The van der Waals surface area contributed by atoms with Crippen molar-refractivity contribution in [2.75, 3.05) is 19.7 Å². The topological polar surface area (TPSA) is 58.2 Å². The van der Waals surface area contributed by atoms with Gasteiger partial charge in [0.1, 0.15) is 17.5 Å². The van der Waals surface area contributed by atoms with E-state index >= 15 is 0 Å². The number of ether oxygens (including phenoxy) is 1. The number of H-pyrrole nitrogens is 1. The number of likely N-dealkylation sites (tertiary alicyclic amines) is 1. The first kappa shape index (κ1) is 18.5. The summed E-state index contributed by atoms with van der Waals surface area (Å²) in [5, 5.41) is 0. The van der Waals surface area contributed by atoms with E-state index < -0.39 is 17.0 Å². The molecule has 26 heavy (non-hydrogen) atoms. The Bertz CT molecular complexity index is 751. The zero-order chi connectivity index (χ0) is 18.6. The number of rotatable bonds is 6. The molecule has 0 aliphatic carbocycles. The molecule has 1 atom stereocenters. The van der Waals surface area contributed by atoms with Gasteiger partial charge in [0.05, 0.1) is 18.6 Å². The van der Waals surface area contributed by atoms with Gasteiger partial charge in [-0.25, -0.2) is 13.8 Å². The average molecular weight is 363 g/mol. The lowest BCUT2D eigenvalue weighted by molar-refractivity contribution is -0.159. The molecule has 2 aromatic rings.